The maximum absolute atomic E-state index is 15.1. The Hall–Kier alpha value is -4.41. The van der Waals surface area contributed by atoms with E-state index in [0.29, 0.717) is 27.5 Å². The standard InChI is InChI=1S/C33H26Cl2FN3O6/c1-45-18-6-3-16(4-7-18)33-22(31(43)39(32(33)44)38-25-10-5-17(34)13-23(25)35)14-21-19(8-9-20-27(21)30(42)37-29(20)41)28(33)15-2-11-26(40)24(36)12-15/h2-8,10-13,20-22,27-28,38,40H,9,14H2,1H3,(H,37,41,42)/t20-,21+,22-,27-,28-,33+/m0/s1. The number of carbonyl (C=O) groups is 4. The SMILES string of the molecule is COc1ccc([C@@]23C(=O)N(Nc4ccc(Cl)cc4Cl)C(=O)[C@@H]2C[C@@H]2C(=CC[C@@H]4C(=O)NC(=O)[C@@H]42)[C@@H]3c2ccc(O)c(F)c2)cc1. The second kappa shape index (κ2) is 10.6. The second-order valence-corrected chi connectivity index (χ2v) is 12.6. The first-order valence-corrected chi connectivity index (χ1v) is 15.1. The van der Waals surface area contributed by atoms with E-state index in [9.17, 15) is 19.5 Å². The van der Waals surface area contributed by atoms with Crippen LogP contribution in [0, 0.1) is 29.5 Å². The molecule has 0 radical (unpaired) electrons. The van der Waals surface area contributed by atoms with Gasteiger partial charge in [-0.3, -0.25) is 29.9 Å². The van der Waals surface area contributed by atoms with Gasteiger partial charge in [0.05, 0.1) is 41.0 Å². The molecule has 3 fully saturated rings. The fourth-order valence-electron chi connectivity index (χ4n) is 7.83. The zero-order chi connectivity index (χ0) is 31.8. The quantitative estimate of drug-likeness (QED) is 0.259. The number of rotatable bonds is 5. The Kier molecular flexibility index (Phi) is 6.90. The summed E-state index contributed by atoms with van der Waals surface area (Å²) in [5.41, 5.74) is 3.01. The summed E-state index contributed by atoms with van der Waals surface area (Å²) >= 11 is 12.5. The summed E-state index contributed by atoms with van der Waals surface area (Å²) in [5, 5.41) is 14.0. The lowest BCUT2D eigenvalue weighted by molar-refractivity contribution is -0.138. The molecule has 4 amide bonds. The van der Waals surface area contributed by atoms with E-state index in [1.807, 2.05) is 6.08 Å². The Morgan fingerprint density at radius 2 is 1.76 bits per heavy atom. The van der Waals surface area contributed by atoms with Gasteiger partial charge in [-0.05, 0) is 72.4 Å². The zero-order valence-corrected chi connectivity index (χ0v) is 25.2. The van der Waals surface area contributed by atoms with Crippen LogP contribution in [0.5, 0.6) is 11.5 Å². The molecule has 230 valence electrons. The van der Waals surface area contributed by atoms with E-state index >= 15 is 9.18 Å². The van der Waals surface area contributed by atoms with Crippen molar-refractivity contribution in [3.63, 3.8) is 0 Å². The van der Waals surface area contributed by atoms with Gasteiger partial charge in [0.1, 0.15) is 5.75 Å². The average Bonchev–Trinajstić information content (AvgIpc) is 3.43. The maximum Gasteiger partial charge on any atom is 0.260 e. The summed E-state index contributed by atoms with van der Waals surface area (Å²) in [6, 6.07) is 15.2. The summed E-state index contributed by atoms with van der Waals surface area (Å²) in [7, 11) is 1.51. The number of nitrogens with zero attached hydrogens (tertiary/aromatic N) is 1. The number of hydrazine groups is 1. The number of halogens is 3. The van der Waals surface area contributed by atoms with Crippen LogP contribution < -0.4 is 15.5 Å². The molecule has 4 aliphatic rings. The van der Waals surface area contributed by atoms with Crippen molar-refractivity contribution in [3.8, 4) is 11.5 Å². The first-order chi connectivity index (χ1) is 21.6. The lowest BCUT2D eigenvalue weighted by Crippen LogP contribution is -2.53. The molecule has 2 heterocycles. The number of anilines is 1. The zero-order valence-electron chi connectivity index (χ0n) is 23.7. The predicted octanol–water partition coefficient (Wildman–Crippen LogP) is 5.12. The third-order valence-electron chi connectivity index (χ3n) is 9.73. The number of benzene rings is 3. The largest absolute Gasteiger partial charge is 0.505 e. The number of nitrogens with one attached hydrogen (secondary N) is 2. The molecule has 2 saturated heterocycles. The lowest BCUT2D eigenvalue weighted by Gasteiger charge is -2.50. The van der Waals surface area contributed by atoms with Crippen molar-refractivity contribution in [3.05, 3.63) is 99.3 Å². The number of hydrogen-bond donors (Lipinski definition) is 3. The highest BCUT2D eigenvalue weighted by Crippen LogP contribution is 2.64. The topological polar surface area (TPSA) is 125 Å². The van der Waals surface area contributed by atoms with Gasteiger partial charge in [0.25, 0.3) is 11.8 Å². The van der Waals surface area contributed by atoms with Gasteiger partial charge < -0.3 is 9.84 Å². The molecular formula is C33H26Cl2FN3O6. The van der Waals surface area contributed by atoms with Crippen molar-refractivity contribution < 1.29 is 33.4 Å². The third kappa shape index (κ3) is 4.26. The van der Waals surface area contributed by atoms with E-state index in [1.54, 1.807) is 36.4 Å². The van der Waals surface area contributed by atoms with E-state index in [0.717, 1.165) is 11.1 Å². The number of allylic oxidation sites excluding steroid dienone is 2. The van der Waals surface area contributed by atoms with E-state index in [1.165, 1.54) is 25.3 Å². The van der Waals surface area contributed by atoms with Gasteiger partial charge >= 0.3 is 0 Å². The van der Waals surface area contributed by atoms with Gasteiger partial charge in [0.15, 0.2) is 11.6 Å². The average molecular weight is 650 g/mol. The monoisotopic (exact) mass is 649 g/mol. The van der Waals surface area contributed by atoms with Crippen molar-refractivity contribution in [1.29, 1.82) is 0 Å². The molecular weight excluding hydrogens is 624 g/mol. The Labute approximate surface area is 266 Å². The summed E-state index contributed by atoms with van der Waals surface area (Å²) in [4.78, 5) is 55.4. The molecule has 3 aromatic carbocycles. The molecule has 0 aromatic heterocycles. The van der Waals surface area contributed by atoms with E-state index < -0.39 is 64.3 Å². The smallest absolute Gasteiger partial charge is 0.260 e. The molecule has 0 bridgehead atoms. The molecule has 3 N–H and O–H groups in total. The Bertz CT molecular complexity index is 1830. The number of methoxy groups -OCH3 is 1. The van der Waals surface area contributed by atoms with E-state index in [4.69, 9.17) is 27.9 Å². The third-order valence-corrected chi connectivity index (χ3v) is 10.3. The number of phenols is 1. The van der Waals surface area contributed by atoms with Gasteiger partial charge in [-0.15, -0.1) is 0 Å². The van der Waals surface area contributed by atoms with Crippen LogP contribution in [-0.4, -0.2) is 40.9 Å². The molecule has 9 nitrogen and oxygen atoms in total. The van der Waals surface area contributed by atoms with Crippen LogP contribution in [0.3, 0.4) is 0 Å². The van der Waals surface area contributed by atoms with Crippen LogP contribution in [0.15, 0.2) is 72.3 Å². The predicted molar refractivity (Wildman–Crippen MR) is 162 cm³/mol. The van der Waals surface area contributed by atoms with E-state index in [2.05, 4.69) is 10.7 Å². The molecule has 6 atom stereocenters. The molecule has 3 aromatic rings. The van der Waals surface area contributed by atoms with Crippen molar-refractivity contribution in [2.75, 3.05) is 12.5 Å². The Morgan fingerprint density at radius 1 is 1.00 bits per heavy atom. The summed E-state index contributed by atoms with van der Waals surface area (Å²) in [6.07, 6.45) is 2.16. The highest BCUT2D eigenvalue weighted by Gasteiger charge is 2.70. The molecule has 45 heavy (non-hydrogen) atoms. The number of phenolic OH excluding ortho intramolecular Hbond substituents is 1. The normalized spacial score (nSPS) is 28.7. The van der Waals surface area contributed by atoms with Crippen molar-refractivity contribution >= 4 is 52.5 Å². The molecule has 12 heteroatoms. The molecule has 1 saturated carbocycles. The number of carbonyl (C=O) groups excluding carboxylic acids is 4. The molecule has 2 aliphatic carbocycles. The second-order valence-electron chi connectivity index (χ2n) is 11.8. The number of ether oxygens (including phenoxy) is 1. The summed E-state index contributed by atoms with van der Waals surface area (Å²) in [5.74, 6) is -6.91. The van der Waals surface area contributed by atoms with Gasteiger partial charge in [-0.25, -0.2) is 4.39 Å². The minimum Gasteiger partial charge on any atom is -0.505 e. The van der Waals surface area contributed by atoms with Crippen molar-refractivity contribution in [2.24, 2.45) is 23.7 Å². The molecule has 0 spiro atoms. The molecule has 0 unspecified atom stereocenters. The number of imide groups is 2. The van der Waals surface area contributed by atoms with Crippen LogP contribution in [-0.2, 0) is 24.6 Å². The van der Waals surface area contributed by atoms with Crippen molar-refractivity contribution in [2.45, 2.75) is 24.2 Å². The van der Waals surface area contributed by atoms with Crippen LogP contribution in [0.25, 0.3) is 0 Å². The highest BCUT2D eigenvalue weighted by molar-refractivity contribution is 6.36. The lowest BCUT2D eigenvalue weighted by atomic mass is 9.49. The van der Waals surface area contributed by atoms with Crippen LogP contribution in [0.1, 0.15) is 29.9 Å². The maximum atomic E-state index is 15.1. The minimum atomic E-state index is -1.62. The van der Waals surface area contributed by atoms with Crippen LogP contribution in [0.2, 0.25) is 10.0 Å². The van der Waals surface area contributed by atoms with E-state index in [-0.39, 0.29) is 29.5 Å². The van der Waals surface area contributed by atoms with Gasteiger partial charge in [-0.1, -0.05) is 53.1 Å². The molecule has 7 rings (SSSR count). The Morgan fingerprint density at radius 3 is 2.44 bits per heavy atom. The fraction of sp³-hybridized carbons (Fsp3) is 0.273. The number of hydrogen-bond acceptors (Lipinski definition) is 7. The summed E-state index contributed by atoms with van der Waals surface area (Å²) < 4.78 is 20.4. The number of fused-ring (bicyclic) bond motifs is 4. The van der Waals surface area contributed by atoms with Gasteiger partial charge in [0, 0.05) is 10.9 Å². The molecule has 2 aliphatic heterocycles. The Balaban J connectivity index is 1.48. The fourth-order valence-corrected chi connectivity index (χ4v) is 8.28. The summed E-state index contributed by atoms with van der Waals surface area (Å²) in [6.45, 7) is 0. The highest BCUT2D eigenvalue weighted by atomic mass is 35.5. The van der Waals surface area contributed by atoms with Crippen molar-refractivity contribution in [1.82, 2.24) is 10.3 Å². The van der Waals surface area contributed by atoms with Gasteiger partial charge in [-0.2, -0.15) is 5.01 Å². The van der Waals surface area contributed by atoms with Gasteiger partial charge in [0.2, 0.25) is 11.8 Å². The van der Waals surface area contributed by atoms with Crippen LogP contribution >= 0.6 is 23.2 Å². The first kappa shape index (κ1) is 29.3. The number of aromatic hydroxyl groups is 1. The van der Waals surface area contributed by atoms with Crippen LogP contribution in [0.4, 0.5) is 10.1 Å². The number of amides is 4. The minimum absolute atomic E-state index is 0.0773. The first-order valence-electron chi connectivity index (χ1n) is 14.3.